The lowest BCUT2D eigenvalue weighted by Gasteiger charge is -2.31. The summed E-state index contributed by atoms with van der Waals surface area (Å²) in [6.45, 7) is 3.87. The number of nitrogens with one attached hydrogen (secondary N) is 2. The topological polar surface area (TPSA) is 78.4 Å². The number of carboxylic acid groups (broad SMARTS) is 1. The molecule has 0 saturated heterocycles. The molecule has 0 heterocycles. The minimum atomic E-state index is -0.904. The molecule has 1 fully saturated rings. The van der Waals surface area contributed by atoms with E-state index in [2.05, 4.69) is 22.8 Å². The third kappa shape index (κ3) is 5.84. The van der Waals surface area contributed by atoms with Crippen LogP contribution in [-0.2, 0) is 9.59 Å². The van der Waals surface area contributed by atoms with Crippen molar-refractivity contribution in [3.8, 4) is 0 Å². The second-order valence-electron chi connectivity index (χ2n) is 7.44. The van der Waals surface area contributed by atoms with Crippen LogP contribution in [0.3, 0.4) is 0 Å². The summed E-state index contributed by atoms with van der Waals surface area (Å²) in [7, 11) is 0. The minimum Gasteiger partial charge on any atom is -0.480 e. The number of aliphatic carboxylic acids is 1. The number of carboxylic acids is 1. The Kier molecular flexibility index (Phi) is 8.10. The molecule has 0 bridgehead atoms. The van der Waals surface area contributed by atoms with E-state index in [0.29, 0.717) is 5.92 Å². The van der Waals surface area contributed by atoms with Crippen LogP contribution in [0.25, 0.3) is 0 Å². The van der Waals surface area contributed by atoms with E-state index in [4.69, 9.17) is 0 Å². The monoisotopic (exact) mass is 360 g/mol. The molecule has 5 heteroatoms. The zero-order valence-corrected chi connectivity index (χ0v) is 15.9. The van der Waals surface area contributed by atoms with Gasteiger partial charge in [-0.25, -0.2) is 0 Å². The Morgan fingerprint density at radius 2 is 1.81 bits per heavy atom. The number of carbonyl (C=O) groups excluding carboxylic acids is 1. The standard InChI is InChI=1S/C21H32N2O3/c1-3-15(2)19(21(25)26)22-14-18(24)23-20(16-10-6-4-7-11-16)17-12-8-5-9-13-17/h4,6-7,10-11,15,17,19-20,22H,3,5,8-9,12-14H2,1-2H3,(H,23,24)(H,25,26)/t15-,19-,20?/m0/s1. The zero-order valence-electron chi connectivity index (χ0n) is 15.9. The fourth-order valence-electron chi connectivity index (χ4n) is 3.80. The van der Waals surface area contributed by atoms with Crippen LogP contribution in [0.15, 0.2) is 30.3 Å². The molecular weight excluding hydrogens is 328 g/mol. The van der Waals surface area contributed by atoms with Crippen LogP contribution in [0.2, 0.25) is 0 Å². The van der Waals surface area contributed by atoms with Crippen molar-refractivity contribution >= 4 is 11.9 Å². The molecule has 2 rings (SSSR count). The minimum absolute atomic E-state index is 0.00215. The van der Waals surface area contributed by atoms with Crippen molar-refractivity contribution in [1.82, 2.24) is 10.6 Å². The average molecular weight is 360 g/mol. The first-order valence-electron chi connectivity index (χ1n) is 9.83. The quantitative estimate of drug-likeness (QED) is 0.630. The lowest BCUT2D eigenvalue weighted by atomic mass is 9.81. The predicted molar refractivity (Wildman–Crippen MR) is 103 cm³/mol. The van der Waals surface area contributed by atoms with Gasteiger partial charge in [0.05, 0.1) is 12.6 Å². The molecule has 0 radical (unpaired) electrons. The van der Waals surface area contributed by atoms with Gasteiger partial charge in [0.2, 0.25) is 5.91 Å². The summed E-state index contributed by atoms with van der Waals surface area (Å²) in [6, 6.07) is 9.40. The first-order valence-corrected chi connectivity index (χ1v) is 9.83. The summed E-state index contributed by atoms with van der Waals surface area (Å²) in [5, 5.41) is 15.4. The van der Waals surface area contributed by atoms with Gasteiger partial charge in [0.1, 0.15) is 6.04 Å². The Bertz CT molecular complexity index is 570. The number of amides is 1. The molecule has 3 atom stereocenters. The summed E-state index contributed by atoms with van der Waals surface area (Å²) in [6.07, 6.45) is 6.67. The van der Waals surface area contributed by atoms with Crippen molar-refractivity contribution in [2.75, 3.05) is 6.54 Å². The molecule has 5 nitrogen and oxygen atoms in total. The summed E-state index contributed by atoms with van der Waals surface area (Å²) in [5.74, 6) is -0.624. The van der Waals surface area contributed by atoms with Crippen molar-refractivity contribution in [1.29, 1.82) is 0 Å². The molecule has 1 saturated carbocycles. The van der Waals surface area contributed by atoms with E-state index in [-0.39, 0.29) is 24.4 Å². The maximum absolute atomic E-state index is 12.5. The highest BCUT2D eigenvalue weighted by Gasteiger charge is 2.28. The lowest BCUT2D eigenvalue weighted by molar-refractivity contribution is -0.141. The van der Waals surface area contributed by atoms with Crippen LogP contribution >= 0.6 is 0 Å². The maximum atomic E-state index is 12.5. The van der Waals surface area contributed by atoms with E-state index in [1.807, 2.05) is 32.0 Å². The molecule has 26 heavy (non-hydrogen) atoms. The molecule has 1 aromatic rings. The van der Waals surface area contributed by atoms with Crippen molar-refractivity contribution in [2.45, 2.75) is 64.5 Å². The number of rotatable bonds is 9. The molecule has 3 N–H and O–H groups in total. The summed E-state index contributed by atoms with van der Waals surface area (Å²) in [4.78, 5) is 24.0. The number of carbonyl (C=O) groups is 2. The SMILES string of the molecule is CC[C@H](C)[C@H](NCC(=O)NC(c1ccccc1)C1CCCCC1)C(=O)O. The molecule has 1 aliphatic carbocycles. The van der Waals surface area contributed by atoms with Crippen LogP contribution < -0.4 is 10.6 Å². The largest absolute Gasteiger partial charge is 0.480 e. The molecule has 144 valence electrons. The number of benzene rings is 1. The first kappa shape index (κ1) is 20.4. The highest BCUT2D eigenvalue weighted by molar-refractivity contribution is 5.80. The molecular formula is C21H32N2O3. The van der Waals surface area contributed by atoms with Gasteiger partial charge >= 0.3 is 5.97 Å². The van der Waals surface area contributed by atoms with E-state index < -0.39 is 12.0 Å². The molecule has 1 aromatic carbocycles. The van der Waals surface area contributed by atoms with Gasteiger partial charge in [-0.3, -0.25) is 14.9 Å². The Labute approximate surface area is 156 Å². The Balaban J connectivity index is 2.00. The van der Waals surface area contributed by atoms with Crippen LogP contribution in [0.5, 0.6) is 0 Å². The second-order valence-corrected chi connectivity index (χ2v) is 7.44. The van der Waals surface area contributed by atoms with Gasteiger partial charge in [0.25, 0.3) is 0 Å². The molecule has 1 unspecified atom stereocenters. The van der Waals surface area contributed by atoms with E-state index in [1.165, 1.54) is 19.3 Å². The molecule has 1 aliphatic rings. The van der Waals surface area contributed by atoms with E-state index in [1.54, 1.807) is 0 Å². The van der Waals surface area contributed by atoms with Gasteiger partial charge in [-0.05, 0) is 30.2 Å². The van der Waals surface area contributed by atoms with Crippen LogP contribution in [0.4, 0.5) is 0 Å². The van der Waals surface area contributed by atoms with Crippen LogP contribution in [0, 0.1) is 11.8 Å². The molecule has 0 aliphatic heterocycles. The second kappa shape index (κ2) is 10.3. The fourth-order valence-corrected chi connectivity index (χ4v) is 3.80. The van der Waals surface area contributed by atoms with Gasteiger partial charge in [-0.2, -0.15) is 0 Å². The average Bonchev–Trinajstić information content (AvgIpc) is 2.67. The van der Waals surface area contributed by atoms with Crippen LogP contribution in [0.1, 0.15) is 64.0 Å². The van der Waals surface area contributed by atoms with Crippen molar-refractivity contribution in [3.63, 3.8) is 0 Å². The number of hydrogen-bond acceptors (Lipinski definition) is 3. The van der Waals surface area contributed by atoms with E-state index in [9.17, 15) is 14.7 Å². The Morgan fingerprint density at radius 1 is 1.15 bits per heavy atom. The summed E-state index contributed by atoms with van der Waals surface area (Å²) in [5.41, 5.74) is 1.13. The first-order chi connectivity index (χ1) is 12.5. The molecule has 1 amide bonds. The van der Waals surface area contributed by atoms with Gasteiger partial charge in [-0.1, -0.05) is 69.9 Å². The van der Waals surface area contributed by atoms with Gasteiger partial charge in [-0.15, -0.1) is 0 Å². The Hall–Kier alpha value is -1.88. The Morgan fingerprint density at radius 3 is 2.38 bits per heavy atom. The fraction of sp³-hybridized carbons (Fsp3) is 0.619. The lowest BCUT2D eigenvalue weighted by Crippen LogP contribution is -2.47. The molecule has 0 spiro atoms. The van der Waals surface area contributed by atoms with Gasteiger partial charge in [0, 0.05) is 0 Å². The highest BCUT2D eigenvalue weighted by atomic mass is 16.4. The third-order valence-corrected chi connectivity index (χ3v) is 5.56. The van der Waals surface area contributed by atoms with Crippen molar-refractivity contribution in [3.05, 3.63) is 35.9 Å². The summed E-state index contributed by atoms with van der Waals surface area (Å²) < 4.78 is 0. The smallest absolute Gasteiger partial charge is 0.320 e. The van der Waals surface area contributed by atoms with E-state index in [0.717, 1.165) is 24.8 Å². The van der Waals surface area contributed by atoms with Crippen molar-refractivity contribution in [2.24, 2.45) is 11.8 Å². The molecule has 0 aromatic heterocycles. The maximum Gasteiger partial charge on any atom is 0.320 e. The van der Waals surface area contributed by atoms with Crippen molar-refractivity contribution < 1.29 is 14.7 Å². The highest BCUT2D eigenvalue weighted by Crippen LogP contribution is 2.34. The predicted octanol–water partition coefficient (Wildman–Crippen LogP) is 3.51. The summed E-state index contributed by atoms with van der Waals surface area (Å²) >= 11 is 0. The zero-order chi connectivity index (χ0) is 18.9. The normalized spacial score (nSPS) is 18.7. The van der Waals surface area contributed by atoms with Gasteiger partial charge in [0.15, 0.2) is 0 Å². The number of hydrogen-bond donors (Lipinski definition) is 3. The third-order valence-electron chi connectivity index (χ3n) is 5.56. The van der Waals surface area contributed by atoms with Gasteiger partial charge < -0.3 is 10.4 Å². The van der Waals surface area contributed by atoms with E-state index >= 15 is 0 Å². The van der Waals surface area contributed by atoms with Crippen LogP contribution in [-0.4, -0.2) is 29.6 Å².